The van der Waals surface area contributed by atoms with Crippen molar-refractivity contribution in [3.63, 3.8) is 0 Å². The minimum absolute atomic E-state index is 0.253. The van der Waals surface area contributed by atoms with Gasteiger partial charge in [-0.3, -0.25) is 0 Å². The summed E-state index contributed by atoms with van der Waals surface area (Å²) in [6.07, 6.45) is 0. The lowest BCUT2D eigenvalue weighted by atomic mass is 10.1. The first-order valence-electron chi connectivity index (χ1n) is 5.62. The fourth-order valence-electron chi connectivity index (χ4n) is 1.47. The van der Waals surface area contributed by atoms with Crippen LogP contribution in [0.3, 0.4) is 0 Å². The van der Waals surface area contributed by atoms with E-state index in [1.165, 1.54) is 0 Å². The van der Waals surface area contributed by atoms with Crippen LogP contribution in [0.2, 0.25) is 0 Å². The molecular formula is C17H12O. The van der Waals surface area contributed by atoms with Crippen LogP contribution in [0.1, 0.15) is 23.6 Å². The summed E-state index contributed by atoms with van der Waals surface area (Å²) in [5, 5.41) is 9.16. The second-order valence-corrected chi connectivity index (χ2v) is 3.75. The van der Waals surface area contributed by atoms with Crippen LogP contribution in [-0.4, -0.2) is 5.11 Å². The van der Waals surface area contributed by atoms with E-state index in [9.17, 15) is 0 Å². The van der Waals surface area contributed by atoms with Gasteiger partial charge in [-0.05, 0) is 55.5 Å². The number of phenolic OH excluding ortho intramolecular Hbond substituents is 1. The number of hydrogen-bond donors (Lipinski definition) is 1. The second-order valence-electron chi connectivity index (χ2n) is 3.75. The van der Waals surface area contributed by atoms with Crippen molar-refractivity contribution in [2.75, 3.05) is 0 Å². The molecule has 1 N–H and O–H groups in total. The number of hydrogen-bond acceptors (Lipinski definition) is 1. The largest absolute Gasteiger partial charge is 0.508 e. The molecule has 2 aromatic carbocycles. The zero-order chi connectivity index (χ0) is 12.8. The maximum absolute atomic E-state index is 9.16. The van der Waals surface area contributed by atoms with Crippen LogP contribution in [0.5, 0.6) is 5.75 Å². The lowest BCUT2D eigenvalue weighted by molar-refractivity contribution is 0.475. The number of rotatable bonds is 0. The lowest BCUT2D eigenvalue weighted by Gasteiger charge is -1.93. The first kappa shape index (κ1) is 11.8. The highest BCUT2D eigenvalue weighted by Gasteiger charge is 1.90. The van der Waals surface area contributed by atoms with Crippen molar-refractivity contribution in [3.8, 4) is 29.4 Å². The predicted molar refractivity (Wildman–Crippen MR) is 73.1 cm³/mol. The van der Waals surface area contributed by atoms with Crippen LogP contribution in [0, 0.1) is 23.7 Å². The van der Waals surface area contributed by atoms with Crippen molar-refractivity contribution in [2.24, 2.45) is 0 Å². The van der Waals surface area contributed by atoms with Gasteiger partial charge in [0.25, 0.3) is 0 Å². The molecule has 0 spiro atoms. The molecule has 2 aromatic rings. The third-order valence-corrected chi connectivity index (χ3v) is 2.37. The molecule has 0 unspecified atom stereocenters. The molecule has 18 heavy (non-hydrogen) atoms. The molecule has 0 amide bonds. The maximum atomic E-state index is 9.16. The average molecular weight is 232 g/mol. The third kappa shape index (κ3) is 3.17. The molecule has 0 saturated carbocycles. The van der Waals surface area contributed by atoms with Gasteiger partial charge in [-0.15, -0.1) is 5.92 Å². The minimum atomic E-state index is 0.253. The summed E-state index contributed by atoms with van der Waals surface area (Å²) in [5.41, 5.74) is 2.82. The fraction of sp³-hybridized carbons (Fsp3) is 0.0588. The Morgan fingerprint density at radius 3 is 1.50 bits per heavy atom. The highest BCUT2D eigenvalue weighted by molar-refractivity contribution is 5.46. The summed E-state index contributed by atoms with van der Waals surface area (Å²) in [4.78, 5) is 0. The van der Waals surface area contributed by atoms with Crippen molar-refractivity contribution >= 4 is 0 Å². The summed E-state index contributed by atoms with van der Waals surface area (Å²) < 4.78 is 0. The minimum Gasteiger partial charge on any atom is -0.508 e. The van der Waals surface area contributed by atoms with Gasteiger partial charge in [0.15, 0.2) is 0 Å². The quantitative estimate of drug-likeness (QED) is 0.692. The van der Waals surface area contributed by atoms with Crippen LogP contribution in [0.15, 0.2) is 48.5 Å². The second kappa shape index (κ2) is 5.62. The Morgan fingerprint density at radius 2 is 1.06 bits per heavy atom. The van der Waals surface area contributed by atoms with E-state index in [0.29, 0.717) is 0 Å². The fourth-order valence-corrected chi connectivity index (χ4v) is 1.47. The van der Waals surface area contributed by atoms with Gasteiger partial charge >= 0.3 is 0 Å². The van der Waals surface area contributed by atoms with Gasteiger partial charge in [0.2, 0.25) is 0 Å². The van der Waals surface area contributed by atoms with Gasteiger partial charge in [-0.25, -0.2) is 0 Å². The van der Waals surface area contributed by atoms with Gasteiger partial charge in [0.1, 0.15) is 5.75 Å². The van der Waals surface area contributed by atoms with Gasteiger partial charge in [0, 0.05) is 16.7 Å². The lowest BCUT2D eigenvalue weighted by Crippen LogP contribution is -1.78. The molecule has 1 heteroatoms. The Hall–Kier alpha value is -2.64. The first-order chi connectivity index (χ1) is 8.78. The van der Waals surface area contributed by atoms with E-state index in [1.54, 1.807) is 24.3 Å². The Bertz CT molecular complexity index is 641. The molecule has 2 rings (SSSR count). The molecule has 0 atom stereocenters. The van der Waals surface area contributed by atoms with E-state index >= 15 is 0 Å². The average Bonchev–Trinajstić information content (AvgIpc) is 2.40. The molecule has 0 bridgehead atoms. The summed E-state index contributed by atoms with van der Waals surface area (Å²) in [6.45, 7) is 1.82. The van der Waals surface area contributed by atoms with Gasteiger partial charge < -0.3 is 5.11 Å². The Morgan fingerprint density at radius 1 is 0.667 bits per heavy atom. The highest BCUT2D eigenvalue weighted by Crippen LogP contribution is 2.09. The van der Waals surface area contributed by atoms with Gasteiger partial charge in [0.05, 0.1) is 0 Å². The SMILES string of the molecule is CC#Cc1ccc(C#Cc2ccc(O)cc2)cc1. The molecule has 0 aromatic heterocycles. The summed E-state index contributed by atoms with van der Waals surface area (Å²) in [7, 11) is 0. The molecule has 0 aliphatic carbocycles. The molecule has 86 valence electrons. The van der Waals surface area contributed by atoms with E-state index in [4.69, 9.17) is 5.11 Å². The zero-order valence-electron chi connectivity index (χ0n) is 10.1. The van der Waals surface area contributed by atoms with Crippen molar-refractivity contribution < 1.29 is 5.11 Å². The maximum Gasteiger partial charge on any atom is 0.115 e. The van der Waals surface area contributed by atoms with Crippen LogP contribution >= 0.6 is 0 Å². The first-order valence-corrected chi connectivity index (χ1v) is 5.62. The summed E-state index contributed by atoms with van der Waals surface area (Å²) in [6, 6.07) is 14.7. The normalized spacial score (nSPS) is 8.72. The smallest absolute Gasteiger partial charge is 0.115 e. The zero-order valence-corrected chi connectivity index (χ0v) is 10.1. The van der Waals surface area contributed by atoms with Gasteiger partial charge in [-0.1, -0.05) is 17.8 Å². The highest BCUT2D eigenvalue weighted by atomic mass is 16.3. The van der Waals surface area contributed by atoms with E-state index in [-0.39, 0.29) is 5.75 Å². The topological polar surface area (TPSA) is 20.2 Å². The number of aromatic hydroxyl groups is 1. The third-order valence-electron chi connectivity index (χ3n) is 2.37. The molecule has 0 heterocycles. The Labute approximate surface area is 107 Å². The molecule has 0 fully saturated rings. The van der Waals surface area contributed by atoms with Gasteiger partial charge in [-0.2, -0.15) is 0 Å². The van der Waals surface area contributed by atoms with E-state index in [2.05, 4.69) is 23.7 Å². The van der Waals surface area contributed by atoms with E-state index in [0.717, 1.165) is 16.7 Å². The van der Waals surface area contributed by atoms with Crippen LogP contribution < -0.4 is 0 Å². The van der Waals surface area contributed by atoms with Crippen molar-refractivity contribution in [3.05, 3.63) is 65.2 Å². The predicted octanol–water partition coefficient (Wildman–Crippen LogP) is 3.16. The number of phenols is 1. The van der Waals surface area contributed by atoms with E-state index < -0.39 is 0 Å². The van der Waals surface area contributed by atoms with Crippen LogP contribution in [-0.2, 0) is 0 Å². The standard InChI is InChI=1S/C17H12O/c1-2-3-14-4-6-15(7-5-14)8-9-16-10-12-17(18)13-11-16/h4-7,10-13,18H,1H3. The Kier molecular flexibility index (Phi) is 3.69. The van der Waals surface area contributed by atoms with Crippen LogP contribution in [0.4, 0.5) is 0 Å². The molecule has 0 saturated heterocycles. The molecule has 0 radical (unpaired) electrons. The van der Waals surface area contributed by atoms with Crippen molar-refractivity contribution in [1.82, 2.24) is 0 Å². The summed E-state index contributed by atoms with van der Waals surface area (Å²) in [5.74, 6) is 12.2. The summed E-state index contributed by atoms with van der Waals surface area (Å²) >= 11 is 0. The van der Waals surface area contributed by atoms with Crippen molar-refractivity contribution in [1.29, 1.82) is 0 Å². The van der Waals surface area contributed by atoms with Crippen LogP contribution in [0.25, 0.3) is 0 Å². The molecular weight excluding hydrogens is 220 g/mol. The number of benzene rings is 2. The molecule has 0 aliphatic rings. The molecule has 0 aliphatic heterocycles. The van der Waals surface area contributed by atoms with E-state index in [1.807, 2.05) is 31.2 Å². The Balaban J connectivity index is 2.18. The molecule has 1 nitrogen and oxygen atoms in total. The van der Waals surface area contributed by atoms with Crippen molar-refractivity contribution in [2.45, 2.75) is 6.92 Å². The monoisotopic (exact) mass is 232 g/mol.